The third-order valence-electron chi connectivity index (χ3n) is 6.36. The summed E-state index contributed by atoms with van der Waals surface area (Å²) in [5.74, 6) is 0.972. The van der Waals surface area contributed by atoms with E-state index in [9.17, 15) is 4.79 Å². The van der Waals surface area contributed by atoms with E-state index >= 15 is 0 Å². The van der Waals surface area contributed by atoms with Crippen molar-refractivity contribution in [3.8, 4) is 5.75 Å². The first-order valence-electron chi connectivity index (χ1n) is 9.82. The molecule has 28 heavy (non-hydrogen) atoms. The molecule has 2 aliphatic rings. The van der Waals surface area contributed by atoms with Crippen molar-refractivity contribution in [2.75, 3.05) is 6.54 Å². The Kier molecular flexibility index (Phi) is 4.47. The van der Waals surface area contributed by atoms with Crippen molar-refractivity contribution in [2.24, 2.45) is 13.0 Å². The van der Waals surface area contributed by atoms with Crippen LogP contribution in [0.4, 0.5) is 0 Å². The molecule has 3 heterocycles. The monoisotopic (exact) mass is 385 g/mol. The Morgan fingerprint density at radius 3 is 2.57 bits per heavy atom. The van der Waals surface area contributed by atoms with Crippen LogP contribution in [0, 0.1) is 5.92 Å². The lowest BCUT2D eigenvalue weighted by Crippen LogP contribution is -2.41. The fourth-order valence-corrected chi connectivity index (χ4v) is 3.71. The largest absolute Gasteiger partial charge is 0.495 e. The summed E-state index contributed by atoms with van der Waals surface area (Å²) >= 11 is 0. The van der Waals surface area contributed by atoms with E-state index in [4.69, 9.17) is 14.0 Å². The first kappa shape index (κ1) is 19.3. The number of carbonyl (C=O) groups excluding carboxylic acids is 1. The third kappa shape index (κ3) is 3.18. The molecule has 1 N–H and O–H groups in total. The Morgan fingerprint density at radius 1 is 1.29 bits per heavy atom. The van der Waals surface area contributed by atoms with E-state index in [0.29, 0.717) is 13.0 Å². The van der Waals surface area contributed by atoms with Crippen LogP contribution in [0.15, 0.2) is 18.3 Å². The van der Waals surface area contributed by atoms with Gasteiger partial charge in [0.2, 0.25) is 5.91 Å². The molecule has 2 aliphatic heterocycles. The van der Waals surface area contributed by atoms with Crippen molar-refractivity contribution in [2.45, 2.75) is 58.3 Å². The second kappa shape index (κ2) is 6.49. The molecule has 8 heteroatoms. The first-order chi connectivity index (χ1) is 13.1. The molecular weight excluding hydrogens is 357 g/mol. The molecule has 0 saturated carbocycles. The Morgan fingerprint density at radius 2 is 1.96 bits per heavy atom. The Labute approximate surface area is 165 Å². The van der Waals surface area contributed by atoms with Gasteiger partial charge in [-0.25, -0.2) is 0 Å². The van der Waals surface area contributed by atoms with Gasteiger partial charge in [0.05, 0.1) is 28.3 Å². The molecule has 0 spiro atoms. The van der Waals surface area contributed by atoms with Gasteiger partial charge in [-0.3, -0.25) is 9.48 Å². The van der Waals surface area contributed by atoms with Crippen molar-refractivity contribution < 1.29 is 18.8 Å². The predicted molar refractivity (Wildman–Crippen MR) is 108 cm³/mol. The summed E-state index contributed by atoms with van der Waals surface area (Å²) in [5, 5.41) is 8.20. The third-order valence-corrected chi connectivity index (χ3v) is 6.36. The summed E-state index contributed by atoms with van der Waals surface area (Å²) in [6.07, 6.45) is 2.20. The fourth-order valence-electron chi connectivity index (χ4n) is 3.71. The molecule has 7 nitrogen and oxygen atoms in total. The molecule has 150 valence electrons. The number of benzene rings is 1. The number of aromatic nitrogens is 2. The van der Waals surface area contributed by atoms with E-state index in [0.717, 1.165) is 22.1 Å². The number of nitrogens with one attached hydrogen (secondary N) is 1. The van der Waals surface area contributed by atoms with Gasteiger partial charge in [-0.1, -0.05) is 0 Å². The number of aryl methyl sites for hydroxylation is 1. The number of hydrogen-bond acceptors (Lipinski definition) is 5. The first-order valence-corrected chi connectivity index (χ1v) is 9.82. The lowest BCUT2D eigenvalue weighted by molar-refractivity contribution is -0.119. The quantitative estimate of drug-likeness (QED) is 0.813. The number of hydrogen-bond donors (Lipinski definition) is 1. The minimum Gasteiger partial charge on any atom is -0.490 e. The summed E-state index contributed by atoms with van der Waals surface area (Å²) in [4.78, 5) is 11.6. The zero-order chi connectivity index (χ0) is 20.3. The molecule has 2 saturated heterocycles. The normalized spacial score (nSPS) is 24.6. The van der Waals surface area contributed by atoms with E-state index < -0.39 is 18.3 Å². The van der Waals surface area contributed by atoms with E-state index in [1.807, 2.05) is 64.7 Å². The van der Waals surface area contributed by atoms with Gasteiger partial charge in [0.1, 0.15) is 11.9 Å². The Hall–Kier alpha value is -2.06. The number of fused-ring (bicyclic) bond motifs is 1. The van der Waals surface area contributed by atoms with Crippen LogP contribution >= 0.6 is 0 Å². The second-order valence-corrected chi connectivity index (χ2v) is 8.90. The van der Waals surface area contributed by atoms with Crippen LogP contribution in [-0.4, -0.2) is 46.7 Å². The van der Waals surface area contributed by atoms with Crippen molar-refractivity contribution >= 4 is 29.4 Å². The molecule has 0 radical (unpaired) electrons. The number of carbonyl (C=O) groups is 1. The maximum absolute atomic E-state index is 11.6. The minimum atomic E-state index is -0.475. The molecule has 2 aromatic rings. The van der Waals surface area contributed by atoms with Crippen LogP contribution in [-0.2, 0) is 21.2 Å². The zero-order valence-corrected chi connectivity index (χ0v) is 17.4. The molecule has 2 atom stereocenters. The molecule has 4 rings (SSSR count). The van der Waals surface area contributed by atoms with Crippen LogP contribution in [0.5, 0.6) is 5.75 Å². The average molecular weight is 385 g/mol. The lowest BCUT2D eigenvalue weighted by atomic mass is 9.78. The summed E-state index contributed by atoms with van der Waals surface area (Å²) in [6.45, 7) is 10.8. The van der Waals surface area contributed by atoms with Crippen LogP contribution in [0.3, 0.4) is 0 Å². The van der Waals surface area contributed by atoms with E-state index in [1.165, 1.54) is 0 Å². The standard InChI is InChI=1S/C20H28BN3O4/c1-12(13-7-18(25)22-10-13)26-17-9-14(8-16-15(17)11-23-24(16)6)21-27-19(2,3)20(4,5)28-21/h8-9,11-13H,7,10H2,1-6H3,(H,22,25)/t12-,13-/m1/s1. The molecule has 1 amide bonds. The van der Waals surface area contributed by atoms with Crippen LogP contribution in [0.25, 0.3) is 10.9 Å². The van der Waals surface area contributed by atoms with E-state index in [1.54, 1.807) is 0 Å². The molecule has 2 fully saturated rings. The van der Waals surface area contributed by atoms with Crippen LogP contribution in [0.2, 0.25) is 0 Å². The van der Waals surface area contributed by atoms with Gasteiger partial charge in [-0.15, -0.1) is 0 Å². The second-order valence-electron chi connectivity index (χ2n) is 8.90. The number of rotatable bonds is 4. The number of ether oxygens (including phenoxy) is 1. The topological polar surface area (TPSA) is 74.6 Å². The van der Waals surface area contributed by atoms with Gasteiger partial charge in [-0.2, -0.15) is 5.10 Å². The molecule has 0 unspecified atom stereocenters. The molecule has 1 aromatic heterocycles. The number of amides is 1. The van der Waals surface area contributed by atoms with Gasteiger partial charge in [-0.05, 0) is 52.2 Å². The molecule has 0 aliphatic carbocycles. The fraction of sp³-hybridized carbons (Fsp3) is 0.600. The lowest BCUT2D eigenvalue weighted by Gasteiger charge is -2.32. The van der Waals surface area contributed by atoms with Gasteiger partial charge < -0.3 is 19.4 Å². The highest BCUT2D eigenvalue weighted by molar-refractivity contribution is 6.62. The molecule has 1 aromatic carbocycles. The maximum atomic E-state index is 11.6. The number of nitrogens with zero attached hydrogens (tertiary/aromatic N) is 2. The summed E-state index contributed by atoms with van der Waals surface area (Å²) in [5.41, 5.74) is 1.03. The highest BCUT2D eigenvalue weighted by Gasteiger charge is 2.52. The highest BCUT2D eigenvalue weighted by atomic mass is 16.7. The van der Waals surface area contributed by atoms with Gasteiger partial charge >= 0.3 is 7.12 Å². The minimum absolute atomic E-state index is 0.0814. The summed E-state index contributed by atoms with van der Waals surface area (Å²) in [7, 11) is 1.43. The highest BCUT2D eigenvalue weighted by Crippen LogP contribution is 2.37. The van der Waals surface area contributed by atoms with E-state index in [2.05, 4.69) is 10.4 Å². The van der Waals surface area contributed by atoms with Crippen molar-refractivity contribution in [1.82, 2.24) is 15.1 Å². The Bertz CT molecular complexity index is 908. The van der Waals surface area contributed by atoms with E-state index in [-0.39, 0.29) is 17.9 Å². The SMILES string of the molecule is C[C@@H](Oc1cc(B2OC(C)(C)C(C)(C)O2)cc2c1cnn2C)[C@H]1CNC(=O)C1. The van der Waals surface area contributed by atoms with Crippen molar-refractivity contribution in [1.29, 1.82) is 0 Å². The van der Waals surface area contributed by atoms with Gasteiger partial charge in [0.25, 0.3) is 0 Å². The summed E-state index contributed by atoms with van der Waals surface area (Å²) < 4.78 is 20.6. The predicted octanol–water partition coefficient (Wildman–Crippen LogP) is 1.78. The van der Waals surface area contributed by atoms with Gasteiger partial charge in [0, 0.05) is 25.9 Å². The molecular formula is C20H28BN3O4. The average Bonchev–Trinajstić information content (AvgIpc) is 3.25. The summed E-state index contributed by atoms with van der Waals surface area (Å²) in [6, 6.07) is 4.02. The van der Waals surface area contributed by atoms with Crippen molar-refractivity contribution in [3.05, 3.63) is 18.3 Å². The van der Waals surface area contributed by atoms with Crippen LogP contribution < -0.4 is 15.5 Å². The maximum Gasteiger partial charge on any atom is 0.495 e. The van der Waals surface area contributed by atoms with Crippen molar-refractivity contribution in [3.63, 3.8) is 0 Å². The molecule has 0 bridgehead atoms. The smallest absolute Gasteiger partial charge is 0.490 e. The Balaban J connectivity index is 1.68. The zero-order valence-electron chi connectivity index (χ0n) is 17.4. The van der Waals surface area contributed by atoms with Gasteiger partial charge in [0.15, 0.2) is 0 Å². The van der Waals surface area contributed by atoms with Crippen LogP contribution in [0.1, 0.15) is 41.0 Å².